The van der Waals surface area contributed by atoms with E-state index in [1.807, 2.05) is 6.07 Å². The van der Waals surface area contributed by atoms with Crippen molar-refractivity contribution >= 4 is 0 Å². The number of nitrogens with one attached hydrogen (secondary N) is 1. The minimum absolute atomic E-state index is 0.638. The number of hydrogen-bond acceptors (Lipinski definition) is 2. The molecule has 0 aromatic heterocycles. The zero-order valence-corrected chi connectivity index (χ0v) is 10.3. The summed E-state index contributed by atoms with van der Waals surface area (Å²) in [6, 6.07) is 9.02. The third-order valence-electron chi connectivity index (χ3n) is 3.41. The standard InChI is InChI=1S/C15H19NO/c1-3-4-8-16-14-9-13(10-14)12-6-5-7-15(11-12)17-2/h1,5-7,11,13-14,16H,4,8-10H2,2H3. The molecule has 17 heavy (non-hydrogen) atoms. The molecule has 0 heterocycles. The Balaban J connectivity index is 1.80. The molecule has 90 valence electrons. The van der Waals surface area contributed by atoms with Crippen LogP contribution in [0.5, 0.6) is 5.75 Å². The number of methoxy groups -OCH3 is 1. The lowest BCUT2D eigenvalue weighted by Crippen LogP contribution is -2.40. The summed E-state index contributed by atoms with van der Waals surface area (Å²) in [5.41, 5.74) is 1.39. The second kappa shape index (κ2) is 5.75. The summed E-state index contributed by atoms with van der Waals surface area (Å²) >= 11 is 0. The molecule has 1 saturated carbocycles. The minimum atomic E-state index is 0.638. The van der Waals surface area contributed by atoms with Gasteiger partial charge in [-0.05, 0) is 36.5 Å². The highest BCUT2D eigenvalue weighted by molar-refractivity contribution is 5.32. The predicted molar refractivity (Wildman–Crippen MR) is 70.2 cm³/mol. The smallest absolute Gasteiger partial charge is 0.119 e. The van der Waals surface area contributed by atoms with Gasteiger partial charge < -0.3 is 10.1 Å². The van der Waals surface area contributed by atoms with Crippen LogP contribution in [0, 0.1) is 12.3 Å². The van der Waals surface area contributed by atoms with E-state index in [1.54, 1.807) is 7.11 Å². The van der Waals surface area contributed by atoms with Crippen LogP contribution >= 0.6 is 0 Å². The first-order valence-corrected chi connectivity index (χ1v) is 6.14. The highest BCUT2D eigenvalue weighted by Gasteiger charge is 2.29. The molecule has 1 aliphatic rings. The summed E-state index contributed by atoms with van der Waals surface area (Å²) < 4.78 is 5.24. The van der Waals surface area contributed by atoms with Gasteiger partial charge in [0, 0.05) is 19.0 Å². The Hall–Kier alpha value is -1.46. The second-order valence-corrected chi connectivity index (χ2v) is 4.55. The summed E-state index contributed by atoms with van der Waals surface area (Å²) in [5, 5.41) is 3.47. The van der Waals surface area contributed by atoms with Crippen LogP contribution in [0.2, 0.25) is 0 Å². The van der Waals surface area contributed by atoms with E-state index in [0.29, 0.717) is 12.0 Å². The molecule has 2 heteroatoms. The maximum atomic E-state index is 5.24. The summed E-state index contributed by atoms with van der Waals surface area (Å²) in [5.74, 6) is 4.27. The van der Waals surface area contributed by atoms with Gasteiger partial charge in [-0.3, -0.25) is 0 Å². The number of rotatable bonds is 5. The van der Waals surface area contributed by atoms with Crippen molar-refractivity contribution in [2.75, 3.05) is 13.7 Å². The van der Waals surface area contributed by atoms with Gasteiger partial charge in [0.05, 0.1) is 7.11 Å². The van der Waals surface area contributed by atoms with Crippen molar-refractivity contribution in [1.29, 1.82) is 0 Å². The average Bonchev–Trinajstić information content (AvgIpc) is 2.32. The predicted octanol–water partition coefficient (Wildman–Crippen LogP) is 2.55. The fourth-order valence-corrected chi connectivity index (χ4v) is 2.30. The summed E-state index contributed by atoms with van der Waals surface area (Å²) in [7, 11) is 1.71. The third-order valence-corrected chi connectivity index (χ3v) is 3.41. The minimum Gasteiger partial charge on any atom is -0.497 e. The topological polar surface area (TPSA) is 21.3 Å². The largest absolute Gasteiger partial charge is 0.497 e. The van der Waals surface area contributed by atoms with Gasteiger partial charge in [0.15, 0.2) is 0 Å². The molecule has 0 amide bonds. The van der Waals surface area contributed by atoms with Crippen LogP contribution < -0.4 is 10.1 Å². The Morgan fingerprint density at radius 2 is 2.29 bits per heavy atom. The Labute approximate surface area is 103 Å². The Morgan fingerprint density at radius 3 is 3.00 bits per heavy atom. The second-order valence-electron chi connectivity index (χ2n) is 4.55. The molecule has 0 spiro atoms. The molecule has 1 aromatic rings. The monoisotopic (exact) mass is 229 g/mol. The summed E-state index contributed by atoms with van der Waals surface area (Å²) in [6.45, 7) is 0.937. The Bertz CT molecular complexity index is 402. The van der Waals surface area contributed by atoms with Crippen LogP contribution in [0.3, 0.4) is 0 Å². The molecule has 1 aliphatic carbocycles. The highest BCUT2D eigenvalue weighted by atomic mass is 16.5. The van der Waals surface area contributed by atoms with Crippen LogP contribution in [-0.2, 0) is 0 Å². The molecule has 0 bridgehead atoms. The normalized spacial score (nSPS) is 22.6. The quantitative estimate of drug-likeness (QED) is 0.619. The number of benzene rings is 1. The van der Waals surface area contributed by atoms with E-state index in [1.165, 1.54) is 18.4 Å². The zero-order valence-electron chi connectivity index (χ0n) is 10.3. The van der Waals surface area contributed by atoms with E-state index in [-0.39, 0.29) is 0 Å². The van der Waals surface area contributed by atoms with E-state index in [2.05, 4.69) is 29.4 Å². The summed E-state index contributed by atoms with van der Waals surface area (Å²) in [4.78, 5) is 0. The summed E-state index contributed by atoms with van der Waals surface area (Å²) in [6.07, 6.45) is 8.45. The van der Waals surface area contributed by atoms with Crippen molar-refractivity contribution in [2.24, 2.45) is 0 Å². The van der Waals surface area contributed by atoms with Crippen LogP contribution in [0.4, 0.5) is 0 Å². The van der Waals surface area contributed by atoms with Crippen molar-refractivity contribution < 1.29 is 4.74 Å². The molecule has 1 N–H and O–H groups in total. The molecule has 2 nitrogen and oxygen atoms in total. The lowest BCUT2D eigenvalue weighted by atomic mass is 9.76. The highest BCUT2D eigenvalue weighted by Crippen LogP contribution is 2.37. The molecule has 0 unspecified atom stereocenters. The van der Waals surface area contributed by atoms with E-state index in [0.717, 1.165) is 18.7 Å². The number of terminal acetylenes is 1. The van der Waals surface area contributed by atoms with Crippen molar-refractivity contribution in [3.8, 4) is 18.1 Å². The fourth-order valence-electron chi connectivity index (χ4n) is 2.30. The van der Waals surface area contributed by atoms with Crippen LogP contribution in [0.1, 0.15) is 30.7 Å². The zero-order chi connectivity index (χ0) is 12.1. The molecular formula is C15H19NO. The van der Waals surface area contributed by atoms with E-state index in [4.69, 9.17) is 11.2 Å². The van der Waals surface area contributed by atoms with Gasteiger partial charge in [-0.2, -0.15) is 0 Å². The van der Waals surface area contributed by atoms with Crippen LogP contribution in [-0.4, -0.2) is 19.7 Å². The average molecular weight is 229 g/mol. The number of hydrogen-bond donors (Lipinski definition) is 1. The van der Waals surface area contributed by atoms with Gasteiger partial charge in [0.25, 0.3) is 0 Å². The maximum absolute atomic E-state index is 5.24. The first-order chi connectivity index (χ1) is 8.33. The van der Waals surface area contributed by atoms with Crippen LogP contribution in [0.15, 0.2) is 24.3 Å². The molecule has 1 aromatic carbocycles. The third kappa shape index (κ3) is 3.01. The van der Waals surface area contributed by atoms with Gasteiger partial charge in [-0.15, -0.1) is 12.3 Å². The molecule has 2 rings (SSSR count). The van der Waals surface area contributed by atoms with E-state index < -0.39 is 0 Å². The van der Waals surface area contributed by atoms with E-state index in [9.17, 15) is 0 Å². The molecule has 0 atom stereocenters. The van der Waals surface area contributed by atoms with Gasteiger partial charge in [0.2, 0.25) is 0 Å². The molecule has 1 fully saturated rings. The lowest BCUT2D eigenvalue weighted by Gasteiger charge is -2.36. The Kier molecular flexibility index (Phi) is 4.06. The van der Waals surface area contributed by atoms with Gasteiger partial charge >= 0.3 is 0 Å². The van der Waals surface area contributed by atoms with Crippen molar-refractivity contribution in [2.45, 2.75) is 31.2 Å². The maximum Gasteiger partial charge on any atom is 0.119 e. The van der Waals surface area contributed by atoms with Gasteiger partial charge in [-0.1, -0.05) is 12.1 Å². The molecule has 0 radical (unpaired) electrons. The fraction of sp³-hybridized carbons (Fsp3) is 0.467. The Morgan fingerprint density at radius 1 is 1.47 bits per heavy atom. The van der Waals surface area contributed by atoms with Crippen molar-refractivity contribution in [3.63, 3.8) is 0 Å². The van der Waals surface area contributed by atoms with Crippen molar-refractivity contribution in [1.82, 2.24) is 5.32 Å². The van der Waals surface area contributed by atoms with E-state index >= 15 is 0 Å². The van der Waals surface area contributed by atoms with Gasteiger partial charge in [0.1, 0.15) is 5.75 Å². The molecular weight excluding hydrogens is 210 g/mol. The van der Waals surface area contributed by atoms with Crippen LogP contribution in [0.25, 0.3) is 0 Å². The first-order valence-electron chi connectivity index (χ1n) is 6.14. The SMILES string of the molecule is C#CCCNC1CC(c2cccc(OC)c2)C1. The van der Waals surface area contributed by atoms with Crippen molar-refractivity contribution in [3.05, 3.63) is 29.8 Å². The lowest BCUT2D eigenvalue weighted by molar-refractivity contribution is 0.293. The molecule has 0 saturated heterocycles. The first kappa shape index (κ1) is 12.0. The molecule has 0 aliphatic heterocycles. The van der Waals surface area contributed by atoms with Gasteiger partial charge in [-0.25, -0.2) is 0 Å². The number of ether oxygens (including phenoxy) is 1.